The molecule has 0 unspecified atom stereocenters. The molecule has 0 aliphatic rings. The lowest BCUT2D eigenvalue weighted by molar-refractivity contribution is 0.673. The fourth-order valence-electron chi connectivity index (χ4n) is 1.17. The molecule has 0 fully saturated rings. The topological polar surface area (TPSA) is 43.8 Å². The minimum absolute atomic E-state index is 0.511. The number of rotatable bonds is 3. The number of hydrogen-bond donors (Lipinski definition) is 1. The molecule has 0 bridgehead atoms. The quantitative estimate of drug-likeness (QED) is 0.801. The van der Waals surface area contributed by atoms with Crippen LogP contribution < -0.4 is 5.73 Å². The fourth-order valence-corrected chi connectivity index (χ4v) is 1.83. The molecule has 0 aliphatic carbocycles. The fraction of sp³-hybridized carbons (Fsp3) is 0.222. The standard InChI is InChI=1S/C9H11N3S/c10-5-9-1-3-12(11-9)6-8-2-4-13-7-8/h1-4,7H,5-6,10H2. The van der Waals surface area contributed by atoms with E-state index in [1.54, 1.807) is 11.3 Å². The normalized spacial score (nSPS) is 10.5. The van der Waals surface area contributed by atoms with Gasteiger partial charge in [0.25, 0.3) is 0 Å². The highest BCUT2D eigenvalue weighted by atomic mass is 32.1. The molecule has 0 radical (unpaired) electrons. The van der Waals surface area contributed by atoms with Gasteiger partial charge in [-0.25, -0.2) is 0 Å². The zero-order valence-electron chi connectivity index (χ0n) is 7.18. The van der Waals surface area contributed by atoms with E-state index in [1.165, 1.54) is 5.56 Å². The van der Waals surface area contributed by atoms with Crippen LogP contribution in [0.5, 0.6) is 0 Å². The summed E-state index contributed by atoms with van der Waals surface area (Å²) in [5, 5.41) is 8.50. The van der Waals surface area contributed by atoms with Gasteiger partial charge in [0, 0.05) is 12.7 Å². The van der Waals surface area contributed by atoms with E-state index in [-0.39, 0.29) is 0 Å². The van der Waals surface area contributed by atoms with Gasteiger partial charge >= 0.3 is 0 Å². The molecule has 3 nitrogen and oxygen atoms in total. The minimum Gasteiger partial charge on any atom is -0.325 e. The van der Waals surface area contributed by atoms with Crippen LogP contribution in [0.2, 0.25) is 0 Å². The zero-order chi connectivity index (χ0) is 9.10. The molecule has 2 rings (SSSR count). The summed E-state index contributed by atoms with van der Waals surface area (Å²) in [6.45, 7) is 1.35. The summed E-state index contributed by atoms with van der Waals surface area (Å²) in [5.41, 5.74) is 7.69. The van der Waals surface area contributed by atoms with Crippen molar-refractivity contribution in [2.24, 2.45) is 5.73 Å². The van der Waals surface area contributed by atoms with Crippen molar-refractivity contribution in [1.82, 2.24) is 9.78 Å². The minimum atomic E-state index is 0.511. The van der Waals surface area contributed by atoms with Gasteiger partial charge in [-0.15, -0.1) is 0 Å². The lowest BCUT2D eigenvalue weighted by atomic mass is 10.3. The molecule has 0 atom stereocenters. The van der Waals surface area contributed by atoms with Crippen LogP contribution in [0.1, 0.15) is 11.3 Å². The molecule has 2 aromatic rings. The number of aromatic nitrogens is 2. The van der Waals surface area contributed by atoms with Gasteiger partial charge in [0.05, 0.1) is 12.2 Å². The Hall–Kier alpha value is -1.13. The van der Waals surface area contributed by atoms with E-state index in [4.69, 9.17) is 5.73 Å². The maximum absolute atomic E-state index is 5.46. The SMILES string of the molecule is NCc1ccn(Cc2ccsc2)n1. The van der Waals surface area contributed by atoms with E-state index in [0.29, 0.717) is 6.54 Å². The van der Waals surface area contributed by atoms with Crippen molar-refractivity contribution >= 4 is 11.3 Å². The molecule has 0 aromatic carbocycles. The summed E-state index contributed by atoms with van der Waals surface area (Å²) in [5.74, 6) is 0. The first-order chi connectivity index (χ1) is 6.38. The highest BCUT2D eigenvalue weighted by molar-refractivity contribution is 7.07. The number of hydrogen-bond acceptors (Lipinski definition) is 3. The van der Waals surface area contributed by atoms with Gasteiger partial charge in [-0.3, -0.25) is 4.68 Å². The average molecular weight is 193 g/mol. The Morgan fingerprint density at radius 1 is 1.46 bits per heavy atom. The monoisotopic (exact) mass is 193 g/mol. The van der Waals surface area contributed by atoms with E-state index in [0.717, 1.165) is 12.2 Å². The molecular formula is C9H11N3S. The van der Waals surface area contributed by atoms with Crippen LogP contribution >= 0.6 is 11.3 Å². The van der Waals surface area contributed by atoms with Crippen molar-refractivity contribution in [3.8, 4) is 0 Å². The molecule has 0 aliphatic heterocycles. The second-order valence-corrected chi connectivity index (χ2v) is 3.62. The average Bonchev–Trinajstić information content (AvgIpc) is 2.76. The second-order valence-electron chi connectivity index (χ2n) is 2.84. The van der Waals surface area contributed by atoms with E-state index >= 15 is 0 Å². The first kappa shape index (κ1) is 8.47. The van der Waals surface area contributed by atoms with Crippen LogP contribution in [-0.4, -0.2) is 9.78 Å². The van der Waals surface area contributed by atoms with Crippen molar-refractivity contribution < 1.29 is 0 Å². The molecule has 68 valence electrons. The molecule has 0 saturated heterocycles. The molecular weight excluding hydrogens is 182 g/mol. The Labute approximate surface area is 80.8 Å². The van der Waals surface area contributed by atoms with E-state index in [2.05, 4.69) is 21.9 Å². The van der Waals surface area contributed by atoms with Gasteiger partial charge in [-0.1, -0.05) is 0 Å². The van der Waals surface area contributed by atoms with Crippen molar-refractivity contribution in [3.63, 3.8) is 0 Å². The molecule has 0 amide bonds. The maximum atomic E-state index is 5.46. The third-order valence-corrected chi connectivity index (χ3v) is 2.56. The van der Waals surface area contributed by atoms with Gasteiger partial charge in [0.1, 0.15) is 0 Å². The van der Waals surface area contributed by atoms with Gasteiger partial charge in [-0.2, -0.15) is 16.4 Å². The van der Waals surface area contributed by atoms with Crippen LogP contribution in [-0.2, 0) is 13.1 Å². The molecule has 13 heavy (non-hydrogen) atoms. The Balaban J connectivity index is 2.10. The first-order valence-corrected chi connectivity index (χ1v) is 5.06. The number of thiophene rings is 1. The predicted molar refractivity (Wildman–Crippen MR) is 53.5 cm³/mol. The molecule has 0 saturated carbocycles. The Kier molecular flexibility index (Phi) is 2.42. The Bertz CT molecular complexity index is 364. The molecule has 2 aromatic heterocycles. The van der Waals surface area contributed by atoms with Gasteiger partial charge in [0.15, 0.2) is 0 Å². The van der Waals surface area contributed by atoms with Crippen LogP contribution in [0.15, 0.2) is 29.1 Å². The van der Waals surface area contributed by atoms with Crippen molar-refractivity contribution in [2.75, 3.05) is 0 Å². The Morgan fingerprint density at radius 2 is 2.38 bits per heavy atom. The van der Waals surface area contributed by atoms with Gasteiger partial charge < -0.3 is 5.73 Å². The Morgan fingerprint density at radius 3 is 3.00 bits per heavy atom. The lowest BCUT2D eigenvalue weighted by Gasteiger charge is -1.97. The van der Waals surface area contributed by atoms with E-state index < -0.39 is 0 Å². The maximum Gasteiger partial charge on any atom is 0.0760 e. The summed E-state index contributed by atoms with van der Waals surface area (Å²) in [7, 11) is 0. The highest BCUT2D eigenvalue weighted by Crippen LogP contribution is 2.07. The molecule has 2 N–H and O–H groups in total. The van der Waals surface area contributed by atoms with Crippen molar-refractivity contribution in [3.05, 3.63) is 40.3 Å². The summed E-state index contributed by atoms with van der Waals surface area (Å²) in [6.07, 6.45) is 1.96. The third kappa shape index (κ3) is 1.96. The number of nitrogens with zero attached hydrogens (tertiary/aromatic N) is 2. The summed E-state index contributed by atoms with van der Waals surface area (Å²) in [4.78, 5) is 0. The zero-order valence-corrected chi connectivity index (χ0v) is 8.00. The van der Waals surface area contributed by atoms with Crippen molar-refractivity contribution in [1.29, 1.82) is 0 Å². The molecule has 4 heteroatoms. The van der Waals surface area contributed by atoms with Gasteiger partial charge in [-0.05, 0) is 28.5 Å². The number of nitrogens with two attached hydrogens (primary N) is 1. The highest BCUT2D eigenvalue weighted by Gasteiger charge is 1.97. The van der Waals surface area contributed by atoms with Gasteiger partial charge in [0.2, 0.25) is 0 Å². The third-order valence-electron chi connectivity index (χ3n) is 1.83. The van der Waals surface area contributed by atoms with Crippen LogP contribution in [0.3, 0.4) is 0 Å². The second kappa shape index (κ2) is 3.72. The summed E-state index contributed by atoms with van der Waals surface area (Å²) in [6, 6.07) is 4.06. The van der Waals surface area contributed by atoms with Crippen LogP contribution in [0, 0.1) is 0 Å². The smallest absolute Gasteiger partial charge is 0.0760 e. The van der Waals surface area contributed by atoms with E-state index in [1.807, 2.05) is 16.9 Å². The van der Waals surface area contributed by atoms with Crippen LogP contribution in [0.25, 0.3) is 0 Å². The predicted octanol–water partition coefficient (Wildman–Crippen LogP) is 1.45. The lowest BCUT2D eigenvalue weighted by Crippen LogP contribution is -2.02. The summed E-state index contributed by atoms with van der Waals surface area (Å²) >= 11 is 1.71. The largest absolute Gasteiger partial charge is 0.325 e. The summed E-state index contributed by atoms with van der Waals surface area (Å²) < 4.78 is 1.91. The van der Waals surface area contributed by atoms with Crippen LogP contribution in [0.4, 0.5) is 0 Å². The first-order valence-electron chi connectivity index (χ1n) is 4.12. The molecule has 2 heterocycles. The van der Waals surface area contributed by atoms with Crippen molar-refractivity contribution in [2.45, 2.75) is 13.1 Å². The van der Waals surface area contributed by atoms with E-state index in [9.17, 15) is 0 Å². The molecule has 0 spiro atoms.